The van der Waals surface area contributed by atoms with Crippen LogP contribution in [0.5, 0.6) is 0 Å². The number of aromatic nitrogens is 5. The van der Waals surface area contributed by atoms with E-state index in [0.29, 0.717) is 0 Å². The van der Waals surface area contributed by atoms with E-state index in [2.05, 4.69) is 56.1 Å². The van der Waals surface area contributed by atoms with Crippen LogP contribution in [0.2, 0.25) is 0 Å². The monoisotopic (exact) mass is 493 g/mol. The van der Waals surface area contributed by atoms with Crippen molar-refractivity contribution in [3.8, 4) is 22.3 Å². The molecule has 0 aliphatic carbocycles. The quantitative estimate of drug-likeness (QED) is 0.348. The van der Waals surface area contributed by atoms with Crippen LogP contribution in [0.4, 0.5) is 10.2 Å². The largest absolute Gasteiger partial charge is 0.354 e. The lowest BCUT2D eigenvalue weighted by molar-refractivity contribution is 0.249. The standard InChI is InChI=1S/C29H28FN7/c1-20-26(17-34-35(20)2)23-13-25(27-16-31-19-33-28(27)14-23)22-6-7-29(32-15-22)37-10-8-36(9-11-37)18-21-4-3-5-24(30)12-21/h3-7,12-17,19H,8-11,18H2,1-2H3. The van der Waals surface area contributed by atoms with Crippen molar-refractivity contribution < 1.29 is 4.39 Å². The number of fused-ring (bicyclic) bond motifs is 1. The molecule has 0 amide bonds. The molecule has 0 radical (unpaired) electrons. The molecule has 2 aromatic carbocycles. The van der Waals surface area contributed by atoms with Crippen molar-refractivity contribution in [2.24, 2.45) is 7.05 Å². The number of aryl methyl sites for hydroxylation is 1. The van der Waals surface area contributed by atoms with E-state index in [1.54, 1.807) is 18.5 Å². The van der Waals surface area contributed by atoms with Gasteiger partial charge in [0.2, 0.25) is 0 Å². The molecular formula is C29H28FN7. The van der Waals surface area contributed by atoms with Crippen LogP contribution in [0, 0.1) is 12.7 Å². The average Bonchev–Trinajstić information content (AvgIpc) is 3.26. The Balaban J connectivity index is 1.23. The highest BCUT2D eigenvalue weighted by atomic mass is 19.1. The molecule has 0 bridgehead atoms. The Morgan fingerprint density at radius 2 is 1.73 bits per heavy atom. The molecule has 4 heterocycles. The van der Waals surface area contributed by atoms with Crippen LogP contribution in [0.3, 0.4) is 0 Å². The molecule has 8 heteroatoms. The topological polar surface area (TPSA) is 63.0 Å². The highest BCUT2D eigenvalue weighted by Crippen LogP contribution is 2.34. The van der Waals surface area contributed by atoms with Gasteiger partial charge in [-0.1, -0.05) is 12.1 Å². The summed E-state index contributed by atoms with van der Waals surface area (Å²) in [6, 6.07) is 15.4. The fraction of sp³-hybridized carbons (Fsp3) is 0.241. The van der Waals surface area contributed by atoms with Crippen molar-refractivity contribution in [2.45, 2.75) is 13.5 Å². The van der Waals surface area contributed by atoms with Gasteiger partial charge in [-0.2, -0.15) is 5.10 Å². The third kappa shape index (κ3) is 4.68. The Bertz CT molecular complexity index is 1550. The molecule has 186 valence electrons. The van der Waals surface area contributed by atoms with Gasteiger partial charge in [0.1, 0.15) is 18.0 Å². The summed E-state index contributed by atoms with van der Waals surface area (Å²) < 4.78 is 15.4. The molecule has 1 saturated heterocycles. The Kier molecular flexibility index (Phi) is 6.10. The maximum Gasteiger partial charge on any atom is 0.128 e. The first-order valence-corrected chi connectivity index (χ1v) is 12.5. The lowest BCUT2D eigenvalue weighted by Crippen LogP contribution is -2.46. The lowest BCUT2D eigenvalue weighted by Gasteiger charge is -2.35. The summed E-state index contributed by atoms with van der Waals surface area (Å²) in [5.41, 5.74) is 7.24. The van der Waals surface area contributed by atoms with Gasteiger partial charge in [0.05, 0.1) is 11.7 Å². The zero-order chi connectivity index (χ0) is 25.4. The highest BCUT2D eigenvalue weighted by molar-refractivity contribution is 5.97. The minimum absolute atomic E-state index is 0.180. The number of nitrogens with zero attached hydrogens (tertiary/aromatic N) is 7. The first-order valence-electron chi connectivity index (χ1n) is 12.5. The van der Waals surface area contributed by atoms with Crippen molar-refractivity contribution in [3.05, 3.63) is 90.5 Å². The molecular weight excluding hydrogens is 465 g/mol. The van der Waals surface area contributed by atoms with E-state index in [1.807, 2.05) is 36.4 Å². The number of halogens is 1. The lowest BCUT2D eigenvalue weighted by atomic mass is 9.96. The molecule has 37 heavy (non-hydrogen) atoms. The molecule has 3 aromatic heterocycles. The second kappa shape index (κ2) is 9.71. The van der Waals surface area contributed by atoms with Crippen molar-refractivity contribution >= 4 is 16.7 Å². The van der Waals surface area contributed by atoms with Crippen LogP contribution in [0.1, 0.15) is 11.3 Å². The van der Waals surface area contributed by atoms with Gasteiger partial charge < -0.3 is 4.90 Å². The first kappa shape index (κ1) is 23.2. The summed E-state index contributed by atoms with van der Waals surface area (Å²) in [6.07, 6.45) is 7.29. The average molecular weight is 494 g/mol. The van der Waals surface area contributed by atoms with Crippen LogP contribution in [-0.4, -0.2) is 55.8 Å². The van der Waals surface area contributed by atoms with E-state index in [1.165, 1.54) is 6.07 Å². The first-order chi connectivity index (χ1) is 18.0. The van der Waals surface area contributed by atoms with Gasteiger partial charge in [-0.15, -0.1) is 0 Å². The van der Waals surface area contributed by atoms with E-state index in [-0.39, 0.29) is 5.82 Å². The van der Waals surface area contributed by atoms with E-state index in [0.717, 1.165) is 83.0 Å². The Labute approximate surface area is 215 Å². The fourth-order valence-electron chi connectivity index (χ4n) is 5.02. The normalized spacial score (nSPS) is 14.4. The minimum Gasteiger partial charge on any atom is -0.354 e. The van der Waals surface area contributed by atoms with Gasteiger partial charge in [0.15, 0.2) is 0 Å². The Morgan fingerprint density at radius 3 is 2.46 bits per heavy atom. The number of piperazine rings is 1. The van der Waals surface area contributed by atoms with Gasteiger partial charge in [-0.25, -0.2) is 19.3 Å². The predicted octanol–water partition coefficient (Wildman–Crippen LogP) is 4.86. The van der Waals surface area contributed by atoms with Crippen molar-refractivity contribution in [1.29, 1.82) is 0 Å². The minimum atomic E-state index is -0.180. The SMILES string of the molecule is Cc1c(-c2cc(-c3ccc(N4CCN(Cc5cccc(F)c5)CC4)nc3)c3cncnc3c2)cnn1C. The highest BCUT2D eigenvalue weighted by Gasteiger charge is 2.19. The summed E-state index contributed by atoms with van der Waals surface area (Å²) in [7, 11) is 1.95. The summed E-state index contributed by atoms with van der Waals surface area (Å²) in [6.45, 7) is 6.42. The molecule has 0 atom stereocenters. The second-order valence-electron chi connectivity index (χ2n) is 9.54. The number of hydrogen-bond donors (Lipinski definition) is 0. The summed E-state index contributed by atoms with van der Waals surface area (Å²) in [4.78, 5) is 18.3. The molecule has 1 aliphatic heterocycles. The zero-order valence-corrected chi connectivity index (χ0v) is 21.0. The maximum atomic E-state index is 13.5. The smallest absolute Gasteiger partial charge is 0.128 e. The molecule has 0 spiro atoms. The van der Waals surface area contributed by atoms with E-state index < -0.39 is 0 Å². The summed E-state index contributed by atoms with van der Waals surface area (Å²) in [5, 5.41) is 5.41. The van der Waals surface area contributed by atoms with Crippen LogP contribution >= 0.6 is 0 Å². The van der Waals surface area contributed by atoms with Crippen LogP contribution in [0.15, 0.2) is 73.4 Å². The number of rotatable bonds is 5. The molecule has 0 N–H and O–H groups in total. The number of hydrogen-bond acceptors (Lipinski definition) is 6. The number of anilines is 1. The predicted molar refractivity (Wildman–Crippen MR) is 144 cm³/mol. The van der Waals surface area contributed by atoms with Crippen LogP contribution in [0.25, 0.3) is 33.2 Å². The number of pyridine rings is 1. The third-order valence-corrected chi connectivity index (χ3v) is 7.22. The number of benzene rings is 2. The van der Waals surface area contributed by atoms with Gasteiger partial charge in [-0.3, -0.25) is 9.58 Å². The molecule has 6 rings (SSSR count). The molecule has 7 nitrogen and oxygen atoms in total. The Morgan fingerprint density at radius 1 is 0.865 bits per heavy atom. The van der Waals surface area contributed by atoms with Crippen LogP contribution < -0.4 is 4.90 Å². The summed E-state index contributed by atoms with van der Waals surface area (Å²) in [5.74, 6) is 0.787. The van der Waals surface area contributed by atoms with Gasteiger partial charge in [0, 0.05) is 74.4 Å². The van der Waals surface area contributed by atoms with Gasteiger partial charge in [0.25, 0.3) is 0 Å². The molecule has 0 unspecified atom stereocenters. The fourth-order valence-corrected chi connectivity index (χ4v) is 5.02. The van der Waals surface area contributed by atoms with Crippen molar-refractivity contribution in [1.82, 2.24) is 29.6 Å². The van der Waals surface area contributed by atoms with Crippen molar-refractivity contribution in [2.75, 3.05) is 31.1 Å². The van der Waals surface area contributed by atoms with Crippen molar-refractivity contribution in [3.63, 3.8) is 0 Å². The van der Waals surface area contributed by atoms with Gasteiger partial charge >= 0.3 is 0 Å². The molecule has 1 aliphatic rings. The van der Waals surface area contributed by atoms with Crippen LogP contribution in [-0.2, 0) is 13.6 Å². The van der Waals surface area contributed by atoms with E-state index in [9.17, 15) is 4.39 Å². The third-order valence-electron chi connectivity index (χ3n) is 7.22. The maximum absolute atomic E-state index is 13.5. The summed E-state index contributed by atoms with van der Waals surface area (Å²) >= 11 is 0. The second-order valence-corrected chi connectivity index (χ2v) is 9.54. The Hall–Kier alpha value is -4.17. The molecule has 5 aromatic rings. The molecule has 0 saturated carbocycles. The van der Waals surface area contributed by atoms with E-state index in [4.69, 9.17) is 4.98 Å². The zero-order valence-electron chi connectivity index (χ0n) is 21.0. The van der Waals surface area contributed by atoms with E-state index >= 15 is 0 Å². The van der Waals surface area contributed by atoms with Gasteiger partial charge in [-0.05, 0) is 60.0 Å². The molecule has 1 fully saturated rings.